The van der Waals surface area contributed by atoms with Gasteiger partial charge in [0.1, 0.15) is 5.82 Å². The molecule has 1 aliphatic heterocycles. The van der Waals surface area contributed by atoms with E-state index in [1.54, 1.807) is 17.8 Å². The summed E-state index contributed by atoms with van der Waals surface area (Å²) >= 11 is 1.63. The molecule has 0 radical (unpaired) electrons. The highest BCUT2D eigenvalue weighted by molar-refractivity contribution is 7.99. The molecular formula is C13H18FNS. The molecule has 0 aromatic heterocycles. The van der Waals surface area contributed by atoms with E-state index in [2.05, 4.69) is 5.32 Å². The van der Waals surface area contributed by atoms with Crippen molar-refractivity contribution in [3.8, 4) is 0 Å². The Balaban J connectivity index is 1.73. The lowest BCUT2D eigenvalue weighted by Gasteiger charge is -2.23. The fourth-order valence-corrected chi connectivity index (χ4v) is 3.05. The minimum Gasteiger partial charge on any atom is -0.314 e. The molecule has 1 fully saturated rings. The summed E-state index contributed by atoms with van der Waals surface area (Å²) in [6.07, 6.45) is 5.05. The zero-order valence-electron chi connectivity index (χ0n) is 9.42. The summed E-state index contributed by atoms with van der Waals surface area (Å²) in [4.78, 5) is 0.776. The van der Waals surface area contributed by atoms with Gasteiger partial charge in [-0.2, -0.15) is 0 Å². The van der Waals surface area contributed by atoms with Crippen LogP contribution in [0.3, 0.4) is 0 Å². The second-order valence-corrected chi connectivity index (χ2v) is 5.35. The third-order valence-electron chi connectivity index (χ3n) is 2.97. The van der Waals surface area contributed by atoms with E-state index in [1.165, 1.54) is 25.3 Å². The summed E-state index contributed by atoms with van der Waals surface area (Å²) in [5, 5.41) is 3.51. The van der Waals surface area contributed by atoms with Crippen LogP contribution < -0.4 is 5.32 Å². The van der Waals surface area contributed by atoms with Gasteiger partial charge in [0.15, 0.2) is 0 Å². The molecule has 0 spiro atoms. The topological polar surface area (TPSA) is 12.0 Å². The highest BCUT2D eigenvalue weighted by Crippen LogP contribution is 2.23. The van der Waals surface area contributed by atoms with Crippen molar-refractivity contribution in [3.63, 3.8) is 0 Å². The second kappa shape index (κ2) is 6.26. The molecule has 0 bridgehead atoms. The Morgan fingerprint density at radius 2 is 2.19 bits per heavy atom. The first-order valence-corrected chi connectivity index (χ1v) is 6.95. The maximum atomic E-state index is 13.3. The van der Waals surface area contributed by atoms with Crippen molar-refractivity contribution in [2.75, 3.05) is 12.3 Å². The lowest BCUT2D eigenvalue weighted by atomic mass is 10.0. The van der Waals surface area contributed by atoms with Crippen molar-refractivity contribution in [1.82, 2.24) is 5.32 Å². The summed E-state index contributed by atoms with van der Waals surface area (Å²) < 4.78 is 13.3. The van der Waals surface area contributed by atoms with E-state index in [-0.39, 0.29) is 5.82 Å². The van der Waals surface area contributed by atoms with Crippen molar-refractivity contribution in [3.05, 3.63) is 30.1 Å². The predicted molar refractivity (Wildman–Crippen MR) is 67.4 cm³/mol. The average molecular weight is 239 g/mol. The van der Waals surface area contributed by atoms with Crippen molar-refractivity contribution in [2.24, 2.45) is 0 Å². The molecule has 0 amide bonds. The highest BCUT2D eigenvalue weighted by Gasteiger charge is 2.12. The van der Waals surface area contributed by atoms with Crippen molar-refractivity contribution >= 4 is 11.8 Å². The van der Waals surface area contributed by atoms with Crippen LogP contribution in [0.15, 0.2) is 29.2 Å². The molecule has 1 atom stereocenters. The highest BCUT2D eigenvalue weighted by atomic mass is 32.2. The molecule has 3 heteroatoms. The van der Waals surface area contributed by atoms with Gasteiger partial charge in [0.25, 0.3) is 0 Å². The molecule has 1 N–H and O–H groups in total. The Hall–Kier alpha value is -0.540. The van der Waals surface area contributed by atoms with Gasteiger partial charge in [-0.05, 0) is 43.7 Å². The maximum absolute atomic E-state index is 13.3. The van der Waals surface area contributed by atoms with Gasteiger partial charge in [0.05, 0.1) is 0 Å². The van der Waals surface area contributed by atoms with E-state index in [0.29, 0.717) is 6.04 Å². The van der Waals surface area contributed by atoms with Crippen LogP contribution >= 0.6 is 11.8 Å². The average Bonchev–Trinajstić information content (AvgIpc) is 2.33. The summed E-state index contributed by atoms with van der Waals surface area (Å²) in [6.45, 7) is 1.15. The molecule has 1 aliphatic rings. The monoisotopic (exact) mass is 239 g/mol. The van der Waals surface area contributed by atoms with E-state index < -0.39 is 0 Å². The van der Waals surface area contributed by atoms with Gasteiger partial charge >= 0.3 is 0 Å². The molecule has 0 aliphatic carbocycles. The fraction of sp³-hybridized carbons (Fsp3) is 0.538. The molecule has 1 nitrogen and oxygen atoms in total. The van der Waals surface area contributed by atoms with E-state index in [1.807, 2.05) is 12.1 Å². The molecule has 88 valence electrons. The lowest BCUT2D eigenvalue weighted by Crippen LogP contribution is -2.34. The summed E-state index contributed by atoms with van der Waals surface area (Å²) in [6, 6.07) is 7.66. The van der Waals surface area contributed by atoms with Gasteiger partial charge in [-0.15, -0.1) is 11.8 Å². The minimum atomic E-state index is -0.0934. The molecule has 1 aromatic rings. The number of nitrogens with one attached hydrogen (secondary N) is 1. The molecule has 2 rings (SSSR count). The Kier molecular flexibility index (Phi) is 4.67. The van der Waals surface area contributed by atoms with Crippen LogP contribution in [0.5, 0.6) is 0 Å². The first-order chi connectivity index (χ1) is 7.86. The number of benzene rings is 1. The largest absolute Gasteiger partial charge is 0.314 e. The van der Waals surface area contributed by atoms with Gasteiger partial charge in [-0.1, -0.05) is 18.6 Å². The van der Waals surface area contributed by atoms with Crippen LogP contribution in [0.1, 0.15) is 25.7 Å². The smallest absolute Gasteiger partial charge is 0.136 e. The van der Waals surface area contributed by atoms with Crippen molar-refractivity contribution < 1.29 is 4.39 Å². The Morgan fingerprint density at radius 1 is 1.31 bits per heavy atom. The van der Waals surface area contributed by atoms with E-state index in [4.69, 9.17) is 0 Å². The Bertz CT molecular complexity index is 323. The molecule has 0 saturated carbocycles. The second-order valence-electron chi connectivity index (χ2n) is 4.21. The maximum Gasteiger partial charge on any atom is 0.136 e. The van der Waals surface area contributed by atoms with E-state index in [9.17, 15) is 4.39 Å². The molecule has 1 aromatic carbocycles. The zero-order valence-corrected chi connectivity index (χ0v) is 10.2. The minimum absolute atomic E-state index is 0.0934. The molecule has 1 heterocycles. The fourth-order valence-electron chi connectivity index (χ4n) is 2.04. The number of piperidine rings is 1. The normalized spacial score (nSPS) is 20.9. The third kappa shape index (κ3) is 3.49. The third-order valence-corrected chi connectivity index (χ3v) is 4.05. The van der Waals surface area contributed by atoms with Crippen LogP contribution in [0, 0.1) is 5.82 Å². The summed E-state index contributed by atoms with van der Waals surface area (Å²) in [5.74, 6) is 0.905. The van der Waals surface area contributed by atoms with Gasteiger partial charge in [0.2, 0.25) is 0 Å². The number of rotatable bonds is 4. The summed E-state index contributed by atoms with van der Waals surface area (Å²) in [5.41, 5.74) is 0. The summed E-state index contributed by atoms with van der Waals surface area (Å²) in [7, 11) is 0. The molecule has 1 unspecified atom stereocenters. The van der Waals surface area contributed by atoms with Crippen LogP contribution in [0.4, 0.5) is 4.39 Å². The first-order valence-electron chi connectivity index (χ1n) is 5.97. The van der Waals surface area contributed by atoms with Crippen LogP contribution in [0.2, 0.25) is 0 Å². The molecular weight excluding hydrogens is 221 g/mol. The van der Waals surface area contributed by atoms with Gasteiger partial charge in [0, 0.05) is 10.9 Å². The standard InChI is InChI=1S/C13H18FNS/c14-12-6-1-2-7-13(12)16-10-8-11-5-3-4-9-15-11/h1-2,6-7,11,15H,3-5,8-10H2. The first kappa shape index (κ1) is 11.9. The number of thioether (sulfide) groups is 1. The lowest BCUT2D eigenvalue weighted by molar-refractivity contribution is 0.394. The van der Waals surface area contributed by atoms with Gasteiger partial charge in [-0.3, -0.25) is 0 Å². The van der Waals surface area contributed by atoms with E-state index >= 15 is 0 Å². The van der Waals surface area contributed by atoms with Crippen molar-refractivity contribution in [2.45, 2.75) is 36.6 Å². The van der Waals surface area contributed by atoms with Gasteiger partial charge < -0.3 is 5.32 Å². The predicted octanol–water partition coefficient (Wildman–Crippen LogP) is 3.45. The quantitative estimate of drug-likeness (QED) is 0.808. The van der Waals surface area contributed by atoms with Crippen LogP contribution in [-0.2, 0) is 0 Å². The Labute approximate surface area is 101 Å². The Morgan fingerprint density at radius 3 is 2.94 bits per heavy atom. The number of halogens is 1. The number of hydrogen-bond donors (Lipinski definition) is 1. The number of hydrogen-bond acceptors (Lipinski definition) is 2. The van der Waals surface area contributed by atoms with Gasteiger partial charge in [-0.25, -0.2) is 4.39 Å². The molecule has 16 heavy (non-hydrogen) atoms. The van der Waals surface area contributed by atoms with Crippen molar-refractivity contribution in [1.29, 1.82) is 0 Å². The SMILES string of the molecule is Fc1ccccc1SCCC1CCCCN1. The van der Waals surface area contributed by atoms with E-state index in [0.717, 1.165) is 23.6 Å². The zero-order chi connectivity index (χ0) is 11.2. The van der Waals surface area contributed by atoms with Crippen LogP contribution in [0.25, 0.3) is 0 Å². The van der Waals surface area contributed by atoms with Crippen LogP contribution in [-0.4, -0.2) is 18.3 Å². The molecule has 1 saturated heterocycles.